The number of nitrogens with one attached hydrogen (secondary N) is 1. The van der Waals surface area contributed by atoms with Crippen molar-refractivity contribution in [2.24, 2.45) is 0 Å². The summed E-state index contributed by atoms with van der Waals surface area (Å²) in [6.07, 6.45) is 4.32. The molecular formula is C14H29NO3. The van der Waals surface area contributed by atoms with Crippen LogP contribution in [0.15, 0.2) is 0 Å². The minimum Gasteiger partial charge on any atom is -0.394 e. The highest BCUT2D eigenvalue weighted by molar-refractivity contribution is 4.83. The summed E-state index contributed by atoms with van der Waals surface area (Å²) in [6, 6.07) is 0.388. The van der Waals surface area contributed by atoms with E-state index in [9.17, 15) is 5.11 Å². The van der Waals surface area contributed by atoms with Crippen molar-refractivity contribution < 1.29 is 14.6 Å². The smallest absolute Gasteiger partial charge is 0.0619 e. The van der Waals surface area contributed by atoms with Crippen LogP contribution in [0.4, 0.5) is 0 Å². The first kappa shape index (κ1) is 15.9. The molecule has 0 spiro atoms. The van der Waals surface area contributed by atoms with Crippen molar-refractivity contribution >= 4 is 0 Å². The van der Waals surface area contributed by atoms with Crippen LogP contribution in [0.5, 0.6) is 0 Å². The van der Waals surface area contributed by atoms with E-state index in [0.717, 1.165) is 45.5 Å². The highest BCUT2D eigenvalue weighted by Gasteiger charge is 2.23. The standard InChI is InChI=1S/C14H29NO3/c1-12(2)15-14(3,11-16)7-4-8-18-13-5-9-17-10-6-13/h12-13,15-16H,4-11H2,1-3H3. The Bertz CT molecular complexity index is 217. The first-order chi connectivity index (χ1) is 8.56. The second-order valence-electron chi connectivity index (χ2n) is 5.80. The molecule has 4 nitrogen and oxygen atoms in total. The SMILES string of the molecule is CC(C)NC(C)(CO)CCCOC1CCOCC1. The van der Waals surface area contributed by atoms with Crippen molar-refractivity contribution in [3.63, 3.8) is 0 Å². The lowest BCUT2D eigenvalue weighted by Crippen LogP contribution is -2.49. The fraction of sp³-hybridized carbons (Fsp3) is 1.00. The van der Waals surface area contributed by atoms with Crippen LogP contribution in [0.3, 0.4) is 0 Å². The minimum absolute atomic E-state index is 0.169. The lowest BCUT2D eigenvalue weighted by Gasteiger charge is -2.31. The monoisotopic (exact) mass is 259 g/mol. The summed E-state index contributed by atoms with van der Waals surface area (Å²) in [7, 11) is 0. The molecular weight excluding hydrogens is 230 g/mol. The summed E-state index contributed by atoms with van der Waals surface area (Å²) in [5, 5.41) is 12.9. The van der Waals surface area contributed by atoms with Crippen LogP contribution in [-0.2, 0) is 9.47 Å². The van der Waals surface area contributed by atoms with E-state index >= 15 is 0 Å². The third kappa shape index (κ3) is 6.14. The van der Waals surface area contributed by atoms with Gasteiger partial charge in [0.1, 0.15) is 0 Å². The van der Waals surface area contributed by atoms with E-state index in [2.05, 4.69) is 26.1 Å². The summed E-state index contributed by atoms with van der Waals surface area (Å²) in [6.45, 7) is 8.88. The second-order valence-corrected chi connectivity index (χ2v) is 5.80. The number of aliphatic hydroxyl groups is 1. The van der Waals surface area contributed by atoms with E-state index < -0.39 is 0 Å². The molecule has 1 aliphatic heterocycles. The van der Waals surface area contributed by atoms with Gasteiger partial charge in [0.25, 0.3) is 0 Å². The molecule has 1 heterocycles. The molecule has 1 fully saturated rings. The van der Waals surface area contributed by atoms with Gasteiger partial charge in [0.05, 0.1) is 12.7 Å². The zero-order valence-corrected chi connectivity index (χ0v) is 12.1. The van der Waals surface area contributed by atoms with Crippen LogP contribution in [0, 0.1) is 0 Å². The number of rotatable bonds is 8. The van der Waals surface area contributed by atoms with Crippen LogP contribution >= 0.6 is 0 Å². The Morgan fingerprint density at radius 3 is 2.61 bits per heavy atom. The van der Waals surface area contributed by atoms with Gasteiger partial charge < -0.3 is 19.9 Å². The third-order valence-electron chi connectivity index (χ3n) is 3.38. The minimum atomic E-state index is -0.187. The zero-order chi connectivity index (χ0) is 13.4. The molecule has 0 aliphatic carbocycles. The van der Waals surface area contributed by atoms with Gasteiger partial charge in [-0.05, 0) is 32.6 Å². The molecule has 0 bridgehead atoms. The molecule has 4 heteroatoms. The Labute approximate surface area is 111 Å². The molecule has 18 heavy (non-hydrogen) atoms. The highest BCUT2D eigenvalue weighted by Crippen LogP contribution is 2.15. The van der Waals surface area contributed by atoms with E-state index in [1.54, 1.807) is 0 Å². The van der Waals surface area contributed by atoms with E-state index in [1.807, 2.05) is 0 Å². The molecule has 108 valence electrons. The number of aliphatic hydroxyl groups excluding tert-OH is 1. The quantitative estimate of drug-likeness (QED) is 0.652. The van der Waals surface area contributed by atoms with E-state index in [-0.39, 0.29) is 12.1 Å². The van der Waals surface area contributed by atoms with Crippen LogP contribution in [0.1, 0.15) is 46.5 Å². The maximum absolute atomic E-state index is 9.46. The molecule has 0 radical (unpaired) electrons. The van der Waals surface area contributed by atoms with Gasteiger partial charge in [0.2, 0.25) is 0 Å². The zero-order valence-electron chi connectivity index (χ0n) is 12.1. The predicted molar refractivity (Wildman–Crippen MR) is 72.8 cm³/mol. The topological polar surface area (TPSA) is 50.7 Å². The molecule has 1 aliphatic rings. The summed E-state index contributed by atoms with van der Waals surface area (Å²) < 4.78 is 11.1. The Balaban J connectivity index is 2.14. The molecule has 1 rings (SSSR count). The van der Waals surface area contributed by atoms with Crippen molar-refractivity contribution in [2.75, 3.05) is 26.4 Å². The second kappa shape index (κ2) is 8.10. The van der Waals surface area contributed by atoms with Crippen LogP contribution in [0.25, 0.3) is 0 Å². The Hall–Kier alpha value is -0.160. The van der Waals surface area contributed by atoms with Crippen molar-refractivity contribution in [3.8, 4) is 0 Å². The van der Waals surface area contributed by atoms with Crippen LogP contribution < -0.4 is 5.32 Å². The maximum Gasteiger partial charge on any atom is 0.0619 e. The fourth-order valence-corrected chi connectivity index (χ4v) is 2.45. The van der Waals surface area contributed by atoms with Gasteiger partial charge in [-0.1, -0.05) is 13.8 Å². The molecule has 0 aromatic rings. The summed E-state index contributed by atoms with van der Waals surface area (Å²) in [5.41, 5.74) is -0.187. The van der Waals surface area contributed by atoms with Gasteiger partial charge in [-0.25, -0.2) is 0 Å². The van der Waals surface area contributed by atoms with Crippen molar-refractivity contribution in [3.05, 3.63) is 0 Å². The van der Waals surface area contributed by atoms with Gasteiger partial charge >= 0.3 is 0 Å². The van der Waals surface area contributed by atoms with Gasteiger partial charge in [-0.15, -0.1) is 0 Å². The molecule has 0 amide bonds. The first-order valence-electron chi connectivity index (χ1n) is 7.13. The van der Waals surface area contributed by atoms with E-state index in [1.165, 1.54) is 0 Å². The number of hydrogen-bond donors (Lipinski definition) is 2. The van der Waals surface area contributed by atoms with Crippen molar-refractivity contribution in [2.45, 2.75) is 64.1 Å². The highest BCUT2D eigenvalue weighted by atomic mass is 16.5. The van der Waals surface area contributed by atoms with Crippen molar-refractivity contribution in [1.82, 2.24) is 5.32 Å². The van der Waals surface area contributed by atoms with Crippen molar-refractivity contribution in [1.29, 1.82) is 0 Å². The first-order valence-corrected chi connectivity index (χ1v) is 7.13. The summed E-state index contributed by atoms with van der Waals surface area (Å²) in [5.74, 6) is 0. The number of hydrogen-bond acceptors (Lipinski definition) is 4. The molecule has 1 saturated heterocycles. The average molecular weight is 259 g/mol. The van der Waals surface area contributed by atoms with E-state index in [0.29, 0.717) is 12.1 Å². The van der Waals surface area contributed by atoms with Crippen LogP contribution in [-0.4, -0.2) is 49.2 Å². The molecule has 0 saturated carbocycles. The summed E-state index contributed by atoms with van der Waals surface area (Å²) >= 11 is 0. The van der Waals surface area contributed by atoms with E-state index in [4.69, 9.17) is 9.47 Å². The normalized spacial score (nSPS) is 21.2. The number of ether oxygens (including phenoxy) is 2. The maximum atomic E-state index is 9.46. The van der Waals surface area contributed by atoms with Crippen LogP contribution in [0.2, 0.25) is 0 Å². The molecule has 1 atom stereocenters. The summed E-state index contributed by atoms with van der Waals surface area (Å²) in [4.78, 5) is 0. The molecule has 0 aromatic carbocycles. The predicted octanol–water partition coefficient (Wildman–Crippen LogP) is 1.71. The molecule has 2 N–H and O–H groups in total. The van der Waals surface area contributed by atoms with Gasteiger partial charge in [-0.3, -0.25) is 0 Å². The Morgan fingerprint density at radius 1 is 1.39 bits per heavy atom. The van der Waals surface area contributed by atoms with Gasteiger partial charge in [0.15, 0.2) is 0 Å². The van der Waals surface area contributed by atoms with Gasteiger partial charge in [-0.2, -0.15) is 0 Å². The fourth-order valence-electron chi connectivity index (χ4n) is 2.45. The molecule has 0 aromatic heterocycles. The molecule has 1 unspecified atom stereocenters. The lowest BCUT2D eigenvalue weighted by molar-refractivity contribution is -0.0343. The largest absolute Gasteiger partial charge is 0.394 e. The average Bonchev–Trinajstić information content (AvgIpc) is 2.35. The van der Waals surface area contributed by atoms with Gasteiger partial charge in [0, 0.05) is 31.4 Å². The third-order valence-corrected chi connectivity index (χ3v) is 3.38. The Morgan fingerprint density at radius 2 is 2.06 bits per heavy atom. The lowest BCUT2D eigenvalue weighted by atomic mass is 9.96. The Kier molecular flexibility index (Phi) is 7.15.